The first kappa shape index (κ1) is 29.8. The van der Waals surface area contributed by atoms with E-state index in [1.54, 1.807) is 0 Å². The van der Waals surface area contributed by atoms with Crippen LogP contribution in [0.3, 0.4) is 0 Å². The molecule has 3 nitrogen and oxygen atoms in total. The second-order valence-corrected chi connectivity index (χ2v) is 12.9. The lowest BCUT2D eigenvalue weighted by Gasteiger charge is -2.30. The molecule has 1 fully saturated rings. The average molecular weight is 625 g/mol. The van der Waals surface area contributed by atoms with E-state index < -0.39 is 0 Å². The van der Waals surface area contributed by atoms with Crippen LogP contribution in [0.2, 0.25) is 0 Å². The van der Waals surface area contributed by atoms with Gasteiger partial charge in [-0.15, -0.1) is 0 Å². The zero-order valence-electron chi connectivity index (χ0n) is 27.1. The molecule has 1 saturated heterocycles. The van der Waals surface area contributed by atoms with E-state index in [0.717, 1.165) is 54.1 Å². The van der Waals surface area contributed by atoms with Crippen molar-refractivity contribution in [2.45, 2.75) is 31.8 Å². The van der Waals surface area contributed by atoms with Crippen molar-refractivity contribution in [2.75, 3.05) is 11.4 Å². The van der Waals surface area contributed by atoms with Gasteiger partial charge in [-0.05, 0) is 107 Å². The molecule has 4 aromatic rings. The van der Waals surface area contributed by atoms with Gasteiger partial charge in [-0.1, -0.05) is 115 Å². The molecule has 1 heterocycles. The van der Waals surface area contributed by atoms with Crippen molar-refractivity contribution in [2.24, 2.45) is 11.7 Å². The van der Waals surface area contributed by atoms with E-state index in [1.165, 1.54) is 39.0 Å². The molecule has 1 aliphatic heterocycles. The van der Waals surface area contributed by atoms with Gasteiger partial charge in [-0.25, -0.2) is 0 Å². The van der Waals surface area contributed by atoms with Crippen LogP contribution in [0.1, 0.15) is 36.8 Å². The molecule has 2 N–H and O–H groups in total. The maximum Gasteiger partial charge on any atom is 0.130 e. The molecule has 0 saturated carbocycles. The highest BCUT2D eigenvalue weighted by molar-refractivity contribution is 5.83. The summed E-state index contributed by atoms with van der Waals surface area (Å²) in [5.41, 5.74) is 19.3. The summed E-state index contributed by atoms with van der Waals surface area (Å²) in [5.74, 6) is 1.31. The molecule has 8 rings (SSSR count). The van der Waals surface area contributed by atoms with Crippen LogP contribution < -0.4 is 10.6 Å². The van der Waals surface area contributed by atoms with Crippen molar-refractivity contribution in [1.82, 2.24) is 0 Å². The Hall–Kier alpha value is -5.54. The van der Waals surface area contributed by atoms with E-state index in [4.69, 9.17) is 10.5 Å². The van der Waals surface area contributed by atoms with Crippen molar-refractivity contribution in [3.63, 3.8) is 0 Å². The van der Waals surface area contributed by atoms with Gasteiger partial charge in [0.2, 0.25) is 0 Å². The Bertz CT molecular complexity index is 2020. The Morgan fingerprint density at radius 2 is 1.40 bits per heavy atom. The Balaban J connectivity index is 1.21. The van der Waals surface area contributed by atoms with E-state index >= 15 is 0 Å². The number of allylic oxidation sites excluding steroid dienone is 8. The minimum atomic E-state index is -0.0179. The van der Waals surface area contributed by atoms with Crippen molar-refractivity contribution in [1.29, 1.82) is 0 Å². The summed E-state index contributed by atoms with van der Waals surface area (Å²) >= 11 is 0. The summed E-state index contributed by atoms with van der Waals surface area (Å²) in [6.07, 6.45) is 24.8. The van der Waals surface area contributed by atoms with Crippen molar-refractivity contribution in [3.05, 3.63) is 186 Å². The molecule has 0 spiro atoms. The maximum atomic E-state index is 6.68. The number of hydrogen-bond donors (Lipinski definition) is 1. The number of rotatable bonds is 8. The fourth-order valence-electron chi connectivity index (χ4n) is 7.15. The van der Waals surface area contributed by atoms with Gasteiger partial charge in [-0.2, -0.15) is 0 Å². The van der Waals surface area contributed by atoms with Gasteiger partial charge in [0.05, 0.1) is 0 Å². The molecule has 0 bridgehead atoms. The number of nitrogens with zero attached hydrogens (tertiary/aromatic N) is 1. The van der Waals surface area contributed by atoms with E-state index in [-0.39, 0.29) is 12.0 Å². The van der Waals surface area contributed by atoms with Crippen molar-refractivity contribution < 1.29 is 4.74 Å². The van der Waals surface area contributed by atoms with Gasteiger partial charge in [0.1, 0.15) is 11.9 Å². The minimum Gasteiger partial charge on any atom is -0.485 e. The monoisotopic (exact) mass is 624 g/mol. The molecule has 2 atom stereocenters. The van der Waals surface area contributed by atoms with Crippen LogP contribution in [0.5, 0.6) is 0 Å². The zero-order chi connectivity index (χ0) is 32.3. The van der Waals surface area contributed by atoms with Crippen LogP contribution in [-0.4, -0.2) is 12.6 Å². The van der Waals surface area contributed by atoms with Gasteiger partial charge in [-0.3, -0.25) is 0 Å². The van der Waals surface area contributed by atoms with Crippen LogP contribution in [0.25, 0.3) is 33.5 Å². The number of ether oxygens (including phenoxy) is 1. The van der Waals surface area contributed by atoms with Gasteiger partial charge in [0.25, 0.3) is 0 Å². The first-order chi connectivity index (χ1) is 23.7. The van der Waals surface area contributed by atoms with Crippen LogP contribution in [0.4, 0.5) is 5.69 Å². The molecule has 3 heteroatoms. The standard InChI is InChI=1S/C45H40N2O/c46-43(36-16-8-3-9-17-36)26-27-47(39-24-25-42-41-18-10-11-19-44(41)48-45(42)31-39)40-29-37(33-14-6-2-7-15-33)28-38(30-40)35-22-20-34(21-23-35)32-12-4-1-5-13-32/h1,3-6,8-9,12-26,28-31,42,45H,2,7,10-11,27,46H2/b43-26+. The number of fused-ring (bicyclic) bond motifs is 3. The predicted octanol–water partition coefficient (Wildman–Crippen LogP) is 10.6. The Morgan fingerprint density at radius 3 is 2.17 bits per heavy atom. The Labute approximate surface area is 284 Å². The molecule has 236 valence electrons. The summed E-state index contributed by atoms with van der Waals surface area (Å²) in [4.78, 5) is 2.38. The first-order valence-electron chi connectivity index (χ1n) is 17.1. The fourth-order valence-corrected chi connectivity index (χ4v) is 7.15. The molecule has 48 heavy (non-hydrogen) atoms. The fraction of sp³-hybridized carbons (Fsp3) is 0.156. The summed E-state index contributed by atoms with van der Waals surface area (Å²) < 4.78 is 6.52. The van der Waals surface area contributed by atoms with Crippen molar-refractivity contribution in [3.8, 4) is 22.3 Å². The second kappa shape index (κ2) is 13.3. The third-order valence-electron chi connectivity index (χ3n) is 9.73. The molecule has 2 unspecified atom stereocenters. The van der Waals surface area contributed by atoms with Gasteiger partial charge >= 0.3 is 0 Å². The number of anilines is 1. The van der Waals surface area contributed by atoms with Crippen LogP contribution in [-0.2, 0) is 4.74 Å². The number of hydrogen-bond acceptors (Lipinski definition) is 3. The smallest absolute Gasteiger partial charge is 0.130 e. The molecular weight excluding hydrogens is 585 g/mol. The van der Waals surface area contributed by atoms with Gasteiger partial charge < -0.3 is 15.4 Å². The highest BCUT2D eigenvalue weighted by Gasteiger charge is 2.37. The maximum absolute atomic E-state index is 6.68. The minimum absolute atomic E-state index is 0.0179. The SMILES string of the molecule is N/C(=C/CN(C1=CC2OC3=CCCC=C3C2C=C1)c1cc(C2=CCCC=C2)cc(-c2ccc(-c3ccccc3)cc2)c1)c1ccccc1. The normalized spacial score (nSPS) is 19.7. The highest BCUT2D eigenvalue weighted by atomic mass is 16.5. The zero-order valence-corrected chi connectivity index (χ0v) is 27.1. The molecule has 0 radical (unpaired) electrons. The topological polar surface area (TPSA) is 38.5 Å². The van der Waals surface area contributed by atoms with E-state index in [0.29, 0.717) is 6.54 Å². The average Bonchev–Trinajstić information content (AvgIpc) is 3.54. The molecular formula is C45H40N2O. The molecule has 0 amide bonds. The molecule has 4 aliphatic rings. The Kier molecular flexibility index (Phi) is 8.26. The number of benzene rings is 4. The van der Waals surface area contributed by atoms with Crippen LogP contribution in [0, 0.1) is 5.92 Å². The lowest BCUT2D eigenvalue weighted by atomic mass is 9.88. The number of nitrogens with two attached hydrogens (primary N) is 1. The lowest BCUT2D eigenvalue weighted by molar-refractivity contribution is 0.182. The van der Waals surface area contributed by atoms with Gasteiger partial charge in [0, 0.05) is 35.1 Å². The lowest BCUT2D eigenvalue weighted by Crippen LogP contribution is -2.27. The summed E-state index contributed by atoms with van der Waals surface area (Å²) in [7, 11) is 0. The van der Waals surface area contributed by atoms with Crippen molar-refractivity contribution >= 4 is 17.0 Å². The Morgan fingerprint density at radius 1 is 0.708 bits per heavy atom. The molecule has 3 aliphatic carbocycles. The van der Waals surface area contributed by atoms with E-state index in [2.05, 4.69) is 145 Å². The third kappa shape index (κ3) is 6.12. The van der Waals surface area contributed by atoms with Gasteiger partial charge in [0.15, 0.2) is 0 Å². The first-order valence-corrected chi connectivity index (χ1v) is 17.1. The summed E-state index contributed by atoms with van der Waals surface area (Å²) in [5, 5.41) is 0. The largest absolute Gasteiger partial charge is 0.485 e. The molecule has 0 aromatic heterocycles. The van der Waals surface area contributed by atoms with E-state index in [9.17, 15) is 0 Å². The quantitative estimate of drug-likeness (QED) is 0.212. The summed E-state index contributed by atoms with van der Waals surface area (Å²) in [6.45, 7) is 0.615. The van der Waals surface area contributed by atoms with Crippen LogP contribution in [0.15, 0.2) is 175 Å². The van der Waals surface area contributed by atoms with Crippen LogP contribution >= 0.6 is 0 Å². The predicted molar refractivity (Wildman–Crippen MR) is 201 cm³/mol. The third-order valence-corrected chi connectivity index (χ3v) is 9.73. The summed E-state index contributed by atoms with van der Waals surface area (Å²) in [6, 6.07) is 36.7. The van der Waals surface area contributed by atoms with E-state index in [1.807, 2.05) is 18.2 Å². The molecule has 4 aromatic carbocycles. The second-order valence-electron chi connectivity index (χ2n) is 12.9. The highest BCUT2D eigenvalue weighted by Crippen LogP contribution is 2.43.